The first-order chi connectivity index (χ1) is 7.50. The maximum atomic E-state index is 10.9. The number of carbonyl (C=O) groups is 1. The lowest BCUT2D eigenvalue weighted by Gasteiger charge is -2.17. The largest absolute Gasteiger partial charge is 0.507 e. The molecule has 0 fully saturated rings. The van der Waals surface area contributed by atoms with Crippen molar-refractivity contribution in [3.05, 3.63) is 22.6 Å². The summed E-state index contributed by atoms with van der Waals surface area (Å²) in [6.07, 6.45) is 1.16. The van der Waals surface area contributed by atoms with Crippen LogP contribution in [0, 0.1) is 0 Å². The molecule has 0 amide bonds. The first-order valence-corrected chi connectivity index (χ1v) is 4.45. The normalized spacial score (nSPS) is 14.3. The fourth-order valence-corrected chi connectivity index (χ4v) is 1.66. The second-order valence-electron chi connectivity index (χ2n) is 3.40. The molecule has 0 bridgehead atoms. The average Bonchev–Trinajstić information content (AvgIpc) is 2.22. The van der Waals surface area contributed by atoms with Crippen LogP contribution in [-0.2, 0) is 4.79 Å². The van der Waals surface area contributed by atoms with Gasteiger partial charge in [-0.2, -0.15) is 0 Å². The molecule has 0 unspecified atom stereocenters. The van der Waals surface area contributed by atoms with Gasteiger partial charge in [0, 0.05) is 16.6 Å². The molecule has 0 aliphatic carbocycles. The van der Waals surface area contributed by atoms with E-state index < -0.39 is 5.97 Å². The molecule has 1 heterocycles. The number of aliphatic carboxylic acids is 1. The van der Waals surface area contributed by atoms with Crippen molar-refractivity contribution in [3.8, 4) is 11.5 Å². The van der Waals surface area contributed by atoms with E-state index in [-0.39, 0.29) is 34.1 Å². The van der Waals surface area contributed by atoms with Gasteiger partial charge in [-0.25, -0.2) is 4.79 Å². The van der Waals surface area contributed by atoms with Gasteiger partial charge in [0.15, 0.2) is 0 Å². The Bertz CT molecular complexity index is 578. The van der Waals surface area contributed by atoms with Crippen LogP contribution < -0.4 is 10.4 Å². The van der Waals surface area contributed by atoms with Gasteiger partial charge in [0.25, 0.3) is 0 Å². The first kappa shape index (κ1) is 10.3. The summed E-state index contributed by atoms with van der Waals surface area (Å²) in [5.41, 5.74) is -0.173. The van der Waals surface area contributed by atoms with E-state index in [1.54, 1.807) is 0 Å². The Hall–Kier alpha value is -2.21. The molecule has 0 saturated heterocycles. The number of nitrogens with zero attached hydrogens (tertiary/aromatic N) is 1. The van der Waals surface area contributed by atoms with Gasteiger partial charge >= 0.3 is 5.97 Å². The fraction of sp³-hybridized carbons (Fsp3) is 0.100. The molecule has 16 heavy (non-hydrogen) atoms. The van der Waals surface area contributed by atoms with Crippen molar-refractivity contribution in [2.45, 2.75) is 0 Å². The SMILES string of the molecule is O=C(O)C1=c2c(O)ccc(O)c2=CN(O)C1. The van der Waals surface area contributed by atoms with E-state index in [9.17, 15) is 20.2 Å². The van der Waals surface area contributed by atoms with Crippen molar-refractivity contribution in [1.29, 1.82) is 0 Å². The number of fused-ring (bicyclic) bond motifs is 1. The van der Waals surface area contributed by atoms with Crippen LogP contribution >= 0.6 is 0 Å². The Morgan fingerprint density at radius 1 is 1.25 bits per heavy atom. The van der Waals surface area contributed by atoms with E-state index in [2.05, 4.69) is 0 Å². The van der Waals surface area contributed by atoms with Crippen LogP contribution in [0.4, 0.5) is 0 Å². The summed E-state index contributed by atoms with van der Waals surface area (Å²) >= 11 is 0. The zero-order chi connectivity index (χ0) is 11.9. The highest BCUT2D eigenvalue weighted by atomic mass is 16.5. The van der Waals surface area contributed by atoms with E-state index in [4.69, 9.17) is 5.11 Å². The molecule has 1 aliphatic rings. The topological polar surface area (TPSA) is 101 Å². The molecule has 0 radical (unpaired) electrons. The number of hydrogen-bond acceptors (Lipinski definition) is 5. The third-order valence-electron chi connectivity index (χ3n) is 2.36. The van der Waals surface area contributed by atoms with Crippen LogP contribution in [0.15, 0.2) is 12.1 Å². The number of phenolic OH excluding ortho intramolecular Hbond substituents is 2. The fourth-order valence-electron chi connectivity index (χ4n) is 1.66. The molecule has 6 nitrogen and oxygen atoms in total. The van der Waals surface area contributed by atoms with Crippen molar-refractivity contribution < 1.29 is 25.3 Å². The van der Waals surface area contributed by atoms with Crippen LogP contribution in [0.1, 0.15) is 0 Å². The second-order valence-corrected chi connectivity index (χ2v) is 3.40. The quantitative estimate of drug-likeness (QED) is 0.445. The molecule has 1 aromatic carbocycles. The molecule has 0 atom stereocenters. The van der Waals surface area contributed by atoms with Crippen LogP contribution in [0.3, 0.4) is 0 Å². The Labute approximate surface area is 89.6 Å². The molecule has 4 N–H and O–H groups in total. The maximum Gasteiger partial charge on any atom is 0.334 e. The number of hydroxylamine groups is 2. The molecule has 0 saturated carbocycles. The lowest BCUT2D eigenvalue weighted by molar-refractivity contribution is -0.131. The lowest BCUT2D eigenvalue weighted by atomic mass is 10.1. The number of aromatic hydroxyl groups is 2. The summed E-state index contributed by atoms with van der Waals surface area (Å²) in [7, 11) is 0. The number of carboxylic acid groups (broad SMARTS) is 1. The van der Waals surface area contributed by atoms with E-state index in [0.717, 1.165) is 6.20 Å². The van der Waals surface area contributed by atoms with Crippen LogP contribution in [0.25, 0.3) is 11.8 Å². The van der Waals surface area contributed by atoms with Crippen LogP contribution in [-0.4, -0.2) is 38.1 Å². The lowest BCUT2D eigenvalue weighted by Crippen LogP contribution is -2.40. The van der Waals surface area contributed by atoms with Gasteiger partial charge in [-0.15, -0.1) is 0 Å². The van der Waals surface area contributed by atoms with Gasteiger partial charge in [0.1, 0.15) is 11.5 Å². The van der Waals surface area contributed by atoms with Gasteiger partial charge in [-0.1, -0.05) is 0 Å². The standard InChI is InChI=1S/C10H9NO5/c12-7-1-2-8(13)9-5(7)3-11(16)4-6(9)10(14)15/h1-3,12-13,16H,4H2,(H,14,15). The van der Waals surface area contributed by atoms with Crippen LogP contribution in [0.2, 0.25) is 0 Å². The highest BCUT2D eigenvalue weighted by Gasteiger charge is 2.19. The summed E-state index contributed by atoms with van der Waals surface area (Å²) in [5, 5.41) is 38.1. The van der Waals surface area contributed by atoms with E-state index in [0.29, 0.717) is 5.06 Å². The Kier molecular flexibility index (Phi) is 2.21. The number of benzene rings is 1. The van der Waals surface area contributed by atoms with Crippen molar-refractivity contribution in [2.75, 3.05) is 6.54 Å². The zero-order valence-electron chi connectivity index (χ0n) is 8.08. The molecule has 0 aromatic heterocycles. The third-order valence-corrected chi connectivity index (χ3v) is 2.36. The van der Waals surface area contributed by atoms with Gasteiger partial charge in [-0.3, -0.25) is 10.3 Å². The summed E-state index contributed by atoms with van der Waals surface area (Å²) in [4.78, 5) is 10.9. The van der Waals surface area contributed by atoms with Gasteiger partial charge < -0.3 is 15.3 Å². The first-order valence-electron chi connectivity index (χ1n) is 4.45. The maximum absolute atomic E-state index is 10.9. The summed E-state index contributed by atoms with van der Waals surface area (Å²) < 4.78 is 0. The minimum Gasteiger partial charge on any atom is -0.507 e. The molecule has 2 rings (SSSR count). The van der Waals surface area contributed by atoms with E-state index in [1.165, 1.54) is 12.1 Å². The molecular weight excluding hydrogens is 214 g/mol. The second kappa shape index (κ2) is 3.42. The monoisotopic (exact) mass is 223 g/mol. The smallest absolute Gasteiger partial charge is 0.334 e. The summed E-state index contributed by atoms with van der Waals surface area (Å²) in [6.45, 7) is -0.251. The summed E-state index contributed by atoms with van der Waals surface area (Å²) in [6, 6.07) is 2.43. The Morgan fingerprint density at radius 3 is 2.50 bits per heavy atom. The molecule has 1 aromatic rings. The van der Waals surface area contributed by atoms with E-state index >= 15 is 0 Å². The van der Waals surface area contributed by atoms with Crippen LogP contribution in [0.5, 0.6) is 11.5 Å². The summed E-state index contributed by atoms with van der Waals surface area (Å²) in [5.74, 6) is -1.70. The highest BCUT2D eigenvalue weighted by molar-refractivity contribution is 6.09. The number of rotatable bonds is 1. The predicted octanol–water partition coefficient (Wildman–Crippen LogP) is -1.22. The van der Waals surface area contributed by atoms with Crippen molar-refractivity contribution in [2.24, 2.45) is 0 Å². The minimum atomic E-state index is -1.26. The van der Waals surface area contributed by atoms with E-state index in [1.807, 2.05) is 0 Å². The van der Waals surface area contributed by atoms with Crippen molar-refractivity contribution >= 4 is 17.7 Å². The minimum absolute atomic E-state index is 0.0396. The van der Waals surface area contributed by atoms with Crippen molar-refractivity contribution in [3.63, 3.8) is 0 Å². The number of carboxylic acids is 1. The number of hydrogen-bond donors (Lipinski definition) is 4. The average molecular weight is 223 g/mol. The van der Waals surface area contributed by atoms with Gasteiger partial charge in [-0.05, 0) is 12.1 Å². The predicted molar refractivity (Wildman–Crippen MR) is 53.0 cm³/mol. The zero-order valence-corrected chi connectivity index (χ0v) is 8.08. The number of phenols is 2. The molecule has 1 aliphatic heterocycles. The Morgan fingerprint density at radius 2 is 1.88 bits per heavy atom. The molecule has 0 spiro atoms. The van der Waals surface area contributed by atoms with Gasteiger partial charge in [0.2, 0.25) is 0 Å². The van der Waals surface area contributed by atoms with Crippen molar-refractivity contribution in [1.82, 2.24) is 5.06 Å². The molecular formula is C10H9NO5. The molecule has 84 valence electrons. The highest BCUT2D eigenvalue weighted by Crippen LogP contribution is 2.10. The molecule has 6 heteroatoms. The third kappa shape index (κ3) is 1.45. The van der Waals surface area contributed by atoms with Gasteiger partial charge in [0.05, 0.1) is 12.1 Å². The Balaban J connectivity index is 2.97.